The summed E-state index contributed by atoms with van der Waals surface area (Å²) in [7, 11) is 0. The van der Waals surface area contributed by atoms with E-state index in [9.17, 15) is 10.0 Å². The quantitative estimate of drug-likeness (QED) is 0.348. The summed E-state index contributed by atoms with van der Waals surface area (Å²) in [6.45, 7) is 0. The van der Waals surface area contributed by atoms with E-state index in [2.05, 4.69) is 4.98 Å². The van der Waals surface area contributed by atoms with Crippen molar-refractivity contribution in [3.8, 4) is 22.4 Å². The minimum Gasteiger partial charge on any atom is -0.618 e. The molecule has 0 radical (unpaired) electrons. The molecule has 4 rings (SSSR count). The Morgan fingerprint density at radius 1 is 0.852 bits per heavy atom. The van der Waals surface area contributed by atoms with Gasteiger partial charge in [0.2, 0.25) is 5.56 Å². The van der Waals surface area contributed by atoms with Crippen LogP contribution >= 0.6 is 34.8 Å². The van der Waals surface area contributed by atoms with Crippen LogP contribution in [0.15, 0.2) is 65.6 Å². The molecular weight excluding hydrogens is 407 g/mol. The molecule has 0 aliphatic rings. The average molecular weight is 418 g/mol. The van der Waals surface area contributed by atoms with E-state index in [1.807, 2.05) is 18.2 Å². The van der Waals surface area contributed by atoms with E-state index in [1.165, 1.54) is 12.3 Å². The predicted molar refractivity (Wildman–Crippen MR) is 109 cm³/mol. The summed E-state index contributed by atoms with van der Waals surface area (Å²) in [6, 6.07) is 15.2. The lowest BCUT2D eigenvalue weighted by Crippen LogP contribution is -2.29. The Bertz CT molecular complexity index is 1230. The molecule has 1 N–H and O–H groups in total. The molecule has 0 bridgehead atoms. The Morgan fingerprint density at radius 2 is 1.52 bits per heavy atom. The molecule has 27 heavy (non-hydrogen) atoms. The molecule has 0 spiro atoms. The fraction of sp³-hybridized carbons (Fsp3) is 0. The molecule has 2 aromatic carbocycles. The second-order valence-corrected chi connectivity index (χ2v) is 7.12. The maximum absolute atomic E-state index is 12.6. The van der Waals surface area contributed by atoms with E-state index in [1.54, 1.807) is 30.3 Å². The van der Waals surface area contributed by atoms with Gasteiger partial charge in [-0.05, 0) is 23.8 Å². The van der Waals surface area contributed by atoms with Gasteiger partial charge in [-0.25, -0.2) is 0 Å². The van der Waals surface area contributed by atoms with Crippen molar-refractivity contribution in [3.63, 3.8) is 0 Å². The van der Waals surface area contributed by atoms with Gasteiger partial charge in [0.25, 0.3) is 5.69 Å². The van der Waals surface area contributed by atoms with Crippen LogP contribution in [0.25, 0.3) is 33.3 Å². The van der Waals surface area contributed by atoms with Crippen LogP contribution in [0.4, 0.5) is 0 Å². The summed E-state index contributed by atoms with van der Waals surface area (Å²) >= 11 is 18.9. The fourth-order valence-corrected chi connectivity index (χ4v) is 3.93. The normalized spacial score (nSPS) is 11.1. The Labute approximate surface area is 169 Å². The second kappa shape index (κ2) is 6.89. The van der Waals surface area contributed by atoms with Gasteiger partial charge in [-0.3, -0.25) is 4.79 Å². The number of pyridine rings is 2. The SMILES string of the molecule is O=c1cc(-c2ccccc2Cl)c2cc[n+]([O-])c(-c3c(Cl)cccc3Cl)c2[nH]1. The Balaban J connectivity index is 2.16. The number of fused-ring (bicyclic) bond motifs is 1. The summed E-state index contributed by atoms with van der Waals surface area (Å²) in [6.07, 6.45) is 1.36. The number of nitrogens with one attached hydrogen (secondary N) is 1. The highest BCUT2D eigenvalue weighted by Crippen LogP contribution is 2.38. The summed E-state index contributed by atoms with van der Waals surface area (Å²) in [5.41, 5.74) is 1.81. The summed E-state index contributed by atoms with van der Waals surface area (Å²) in [5, 5.41) is 14.4. The van der Waals surface area contributed by atoms with Crippen LogP contribution in [0.2, 0.25) is 15.1 Å². The molecular formula is C20H11Cl3N2O2. The van der Waals surface area contributed by atoms with Crippen LogP contribution in [0.1, 0.15) is 0 Å². The number of aromatic nitrogens is 2. The van der Waals surface area contributed by atoms with Crippen molar-refractivity contribution in [3.05, 3.63) is 91.4 Å². The van der Waals surface area contributed by atoms with Gasteiger partial charge in [0.15, 0.2) is 6.20 Å². The van der Waals surface area contributed by atoms with E-state index >= 15 is 0 Å². The highest BCUT2D eigenvalue weighted by atomic mass is 35.5. The lowest BCUT2D eigenvalue weighted by molar-refractivity contribution is -0.592. The molecule has 4 nitrogen and oxygen atoms in total. The molecule has 134 valence electrons. The van der Waals surface area contributed by atoms with Crippen molar-refractivity contribution in [1.82, 2.24) is 4.98 Å². The van der Waals surface area contributed by atoms with Crippen LogP contribution in [-0.4, -0.2) is 4.98 Å². The Hall–Kier alpha value is -2.53. The van der Waals surface area contributed by atoms with Gasteiger partial charge in [0.1, 0.15) is 5.52 Å². The first-order valence-corrected chi connectivity index (χ1v) is 9.09. The van der Waals surface area contributed by atoms with Gasteiger partial charge in [-0.1, -0.05) is 59.1 Å². The van der Waals surface area contributed by atoms with Gasteiger partial charge in [0, 0.05) is 28.1 Å². The smallest absolute Gasteiger partial charge is 0.251 e. The monoisotopic (exact) mass is 416 g/mol. The van der Waals surface area contributed by atoms with Crippen molar-refractivity contribution in [2.45, 2.75) is 0 Å². The fourth-order valence-electron chi connectivity index (χ4n) is 3.12. The van der Waals surface area contributed by atoms with Crippen molar-refractivity contribution < 1.29 is 4.73 Å². The molecule has 2 heterocycles. The topological polar surface area (TPSA) is 59.8 Å². The van der Waals surface area contributed by atoms with Gasteiger partial charge < -0.3 is 10.2 Å². The standard InChI is InChI=1S/C20H11Cl3N2O2/c21-14-5-2-1-4-11(14)13-10-17(26)24-19-12(13)8-9-25(27)20(19)18-15(22)6-3-7-16(18)23/h1-10H,(H,24,26). The number of rotatable bonds is 2. The van der Waals surface area contributed by atoms with Gasteiger partial charge in [0.05, 0.1) is 15.6 Å². The summed E-state index contributed by atoms with van der Waals surface area (Å²) in [4.78, 5) is 15.1. The lowest BCUT2D eigenvalue weighted by atomic mass is 9.99. The molecule has 4 aromatic rings. The van der Waals surface area contributed by atoms with E-state index in [0.29, 0.717) is 47.4 Å². The van der Waals surface area contributed by atoms with Crippen molar-refractivity contribution in [2.75, 3.05) is 0 Å². The van der Waals surface area contributed by atoms with Crippen LogP contribution < -0.4 is 10.3 Å². The zero-order chi connectivity index (χ0) is 19.1. The highest BCUT2D eigenvalue weighted by Gasteiger charge is 2.23. The number of benzene rings is 2. The molecule has 0 atom stereocenters. The molecule has 2 aromatic heterocycles. The van der Waals surface area contributed by atoms with E-state index in [0.717, 1.165) is 0 Å². The van der Waals surface area contributed by atoms with Crippen molar-refractivity contribution in [2.24, 2.45) is 0 Å². The molecule has 0 amide bonds. The summed E-state index contributed by atoms with van der Waals surface area (Å²) < 4.78 is 0.641. The van der Waals surface area contributed by atoms with Crippen LogP contribution in [0, 0.1) is 5.21 Å². The molecule has 0 aliphatic heterocycles. The predicted octanol–water partition coefficient (Wildman–Crippen LogP) is 5.46. The number of nitrogens with zero attached hydrogens (tertiary/aromatic N) is 1. The molecule has 0 unspecified atom stereocenters. The number of aromatic amines is 1. The minimum atomic E-state index is -0.368. The molecule has 0 saturated carbocycles. The molecule has 7 heteroatoms. The zero-order valence-electron chi connectivity index (χ0n) is 13.7. The largest absolute Gasteiger partial charge is 0.618 e. The first-order valence-electron chi connectivity index (χ1n) is 7.96. The third-order valence-electron chi connectivity index (χ3n) is 4.28. The molecule has 0 saturated heterocycles. The van der Waals surface area contributed by atoms with Gasteiger partial charge >= 0.3 is 0 Å². The van der Waals surface area contributed by atoms with E-state index in [-0.39, 0.29) is 11.3 Å². The van der Waals surface area contributed by atoms with Gasteiger partial charge in [-0.15, -0.1) is 0 Å². The van der Waals surface area contributed by atoms with Crippen molar-refractivity contribution in [1.29, 1.82) is 0 Å². The maximum atomic E-state index is 12.6. The first kappa shape index (κ1) is 17.9. The lowest BCUT2D eigenvalue weighted by Gasteiger charge is -2.13. The van der Waals surface area contributed by atoms with Gasteiger partial charge in [-0.2, -0.15) is 4.73 Å². The van der Waals surface area contributed by atoms with Crippen molar-refractivity contribution >= 4 is 45.7 Å². The molecule has 0 aliphatic carbocycles. The third kappa shape index (κ3) is 3.06. The van der Waals surface area contributed by atoms with E-state index < -0.39 is 0 Å². The molecule has 0 fully saturated rings. The second-order valence-electron chi connectivity index (χ2n) is 5.90. The number of hydrogen-bond acceptors (Lipinski definition) is 2. The minimum absolute atomic E-state index is 0.175. The van der Waals surface area contributed by atoms with Crippen LogP contribution in [0.5, 0.6) is 0 Å². The van der Waals surface area contributed by atoms with Crippen LogP contribution in [0.3, 0.4) is 0 Å². The summed E-state index contributed by atoms with van der Waals surface area (Å²) in [5.74, 6) is 0. The number of H-pyrrole nitrogens is 1. The third-order valence-corrected chi connectivity index (χ3v) is 5.24. The average Bonchev–Trinajstić information content (AvgIpc) is 2.63. The van der Waals surface area contributed by atoms with Crippen LogP contribution in [-0.2, 0) is 0 Å². The highest BCUT2D eigenvalue weighted by molar-refractivity contribution is 6.39. The van der Waals surface area contributed by atoms with E-state index in [4.69, 9.17) is 34.8 Å². The number of hydrogen-bond donors (Lipinski definition) is 1. The number of halogens is 3. The Morgan fingerprint density at radius 3 is 2.22 bits per heavy atom. The Kier molecular flexibility index (Phi) is 4.56. The maximum Gasteiger partial charge on any atom is 0.251 e. The zero-order valence-corrected chi connectivity index (χ0v) is 15.9. The first-order chi connectivity index (χ1) is 13.0.